The number of hydrogen-bond acceptors (Lipinski definition) is 4. The molecule has 0 bridgehead atoms. The van der Waals surface area contributed by atoms with E-state index < -0.39 is 0 Å². The van der Waals surface area contributed by atoms with E-state index in [1.54, 1.807) is 12.4 Å². The lowest BCUT2D eigenvalue weighted by molar-refractivity contribution is 0.833. The van der Waals surface area contributed by atoms with E-state index in [9.17, 15) is 0 Å². The van der Waals surface area contributed by atoms with Gasteiger partial charge in [0, 0.05) is 23.7 Å². The van der Waals surface area contributed by atoms with Gasteiger partial charge in [0.15, 0.2) is 5.82 Å². The summed E-state index contributed by atoms with van der Waals surface area (Å²) in [5.41, 5.74) is 5.70. The minimum Gasteiger partial charge on any atom is -0.253 e. The number of benzene rings is 1. The molecular formula is C18H15N5. The summed E-state index contributed by atoms with van der Waals surface area (Å²) >= 11 is 0. The smallest absolute Gasteiger partial charge is 0.154 e. The summed E-state index contributed by atoms with van der Waals surface area (Å²) in [5.74, 6) is 0.812. The summed E-state index contributed by atoms with van der Waals surface area (Å²) in [6.45, 7) is 3.96. The van der Waals surface area contributed by atoms with Crippen molar-refractivity contribution in [3.05, 3.63) is 66.2 Å². The van der Waals surface area contributed by atoms with Gasteiger partial charge >= 0.3 is 0 Å². The molecule has 4 rings (SSSR count). The Kier molecular flexibility index (Phi) is 3.12. The third-order valence-corrected chi connectivity index (χ3v) is 3.69. The van der Waals surface area contributed by atoms with Crippen molar-refractivity contribution in [3.8, 4) is 17.1 Å². The van der Waals surface area contributed by atoms with Gasteiger partial charge in [-0.2, -0.15) is 5.10 Å². The fraction of sp³-hybridized carbons (Fsp3) is 0.111. The third kappa shape index (κ3) is 2.46. The average molecular weight is 301 g/mol. The minimum absolute atomic E-state index is 0.812. The Labute approximate surface area is 133 Å². The average Bonchev–Trinajstić information content (AvgIpc) is 2.96. The maximum atomic E-state index is 4.60. The fourth-order valence-electron chi connectivity index (χ4n) is 2.65. The molecule has 3 aromatic heterocycles. The first-order valence-corrected chi connectivity index (χ1v) is 7.42. The summed E-state index contributed by atoms with van der Waals surface area (Å²) in [6.07, 6.45) is 3.41. The van der Waals surface area contributed by atoms with E-state index in [0.29, 0.717) is 0 Å². The Morgan fingerprint density at radius 2 is 1.65 bits per heavy atom. The Balaban J connectivity index is 1.91. The van der Waals surface area contributed by atoms with Crippen LogP contribution in [0.25, 0.3) is 28.1 Å². The van der Waals surface area contributed by atoms with Gasteiger partial charge in [0.1, 0.15) is 0 Å². The Morgan fingerprint density at radius 3 is 2.48 bits per heavy atom. The largest absolute Gasteiger partial charge is 0.253 e. The van der Waals surface area contributed by atoms with Crippen molar-refractivity contribution in [2.75, 3.05) is 0 Å². The SMILES string of the molecule is Cc1cccc(-n2nc(C)cc2-c2ccc3nccnc3c2)n1. The number of aryl methyl sites for hydroxylation is 2. The highest BCUT2D eigenvalue weighted by molar-refractivity contribution is 5.80. The minimum atomic E-state index is 0.812. The van der Waals surface area contributed by atoms with Gasteiger partial charge < -0.3 is 0 Å². The zero-order chi connectivity index (χ0) is 15.8. The Hall–Kier alpha value is -3.08. The van der Waals surface area contributed by atoms with Crippen molar-refractivity contribution in [3.63, 3.8) is 0 Å². The number of aromatic nitrogens is 5. The molecule has 0 saturated heterocycles. The standard InChI is InChI=1S/C18H15N5/c1-12-4-3-5-18(21-12)23-17(10-13(2)22-23)14-6-7-15-16(11-14)20-9-8-19-15/h3-11H,1-2H3. The second kappa shape index (κ2) is 5.28. The van der Waals surface area contributed by atoms with Crippen molar-refractivity contribution < 1.29 is 0 Å². The molecule has 0 aliphatic rings. The maximum absolute atomic E-state index is 4.60. The molecule has 3 heterocycles. The normalized spacial score (nSPS) is 11.0. The lowest BCUT2D eigenvalue weighted by atomic mass is 10.1. The Bertz CT molecular complexity index is 1000. The van der Waals surface area contributed by atoms with Crippen molar-refractivity contribution in [1.29, 1.82) is 0 Å². The van der Waals surface area contributed by atoms with E-state index in [1.807, 2.05) is 54.9 Å². The summed E-state index contributed by atoms with van der Waals surface area (Å²) in [6, 6.07) is 14.0. The van der Waals surface area contributed by atoms with Crippen LogP contribution in [-0.4, -0.2) is 24.7 Å². The van der Waals surface area contributed by atoms with Gasteiger partial charge in [-0.1, -0.05) is 12.1 Å². The lowest BCUT2D eigenvalue weighted by Gasteiger charge is -2.08. The van der Waals surface area contributed by atoms with Crippen LogP contribution in [0.15, 0.2) is 54.9 Å². The third-order valence-electron chi connectivity index (χ3n) is 3.69. The van der Waals surface area contributed by atoms with E-state index in [0.717, 1.165) is 39.5 Å². The van der Waals surface area contributed by atoms with Crippen molar-refractivity contribution >= 4 is 11.0 Å². The van der Waals surface area contributed by atoms with Crippen LogP contribution >= 0.6 is 0 Å². The van der Waals surface area contributed by atoms with Crippen LogP contribution in [0.3, 0.4) is 0 Å². The molecule has 0 aliphatic carbocycles. The highest BCUT2D eigenvalue weighted by atomic mass is 15.3. The highest BCUT2D eigenvalue weighted by Crippen LogP contribution is 2.25. The molecule has 0 fully saturated rings. The second-order valence-electron chi connectivity index (χ2n) is 5.48. The maximum Gasteiger partial charge on any atom is 0.154 e. The van der Waals surface area contributed by atoms with Crippen molar-refractivity contribution in [2.45, 2.75) is 13.8 Å². The van der Waals surface area contributed by atoms with Crippen LogP contribution in [0.1, 0.15) is 11.4 Å². The van der Waals surface area contributed by atoms with E-state index in [4.69, 9.17) is 0 Å². The zero-order valence-corrected chi connectivity index (χ0v) is 12.9. The van der Waals surface area contributed by atoms with E-state index in [-0.39, 0.29) is 0 Å². The summed E-state index contributed by atoms with van der Waals surface area (Å²) in [4.78, 5) is 13.3. The van der Waals surface area contributed by atoms with Crippen LogP contribution in [-0.2, 0) is 0 Å². The predicted octanol–water partition coefficient (Wildman–Crippen LogP) is 3.49. The quantitative estimate of drug-likeness (QED) is 0.568. The number of nitrogens with zero attached hydrogens (tertiary/aromatic N) is 5. The van der Waals surface area contributed by atoms with Gasteiger partial charge in [0.25, 0.3) is 0 Å². The first-order valence-electron chi connectivity index (χ1n) is 7.42. The van der Waals surface area contributed by atoms with E-state index in [2.05, 4.69) is 26.1 Å². The van der Waals surface area contributed by atoms with E-state index >= 15 is 0 Å². The molecule has 23 heavy (non-hydrogen) atoms. The zero-order valence-electron chi connectivity index (χ0n) is 12.9. The lowest BCUT2D eigenvalue weighted by Crippen LogP contribution is -2.02. The molecular weight excluding hydrogens is 286 g/mol. The molecule has 0 amide bonds. The Morgan fingerprint density at radius 1 is 0.826 bits per heavy atom. The first-order chi connectivity index (χ1) is 11.2. The second-order valence-corrected chi connectivity index (χ2v) is 5.48. The monoisotopic (exact) mass is 301 g/mol. The van der Waals surface area contributed by atoms with Crippen LogP contribution in [0.4, 0.5) is 0 Å². The first kappa shape index (κ1) is 13.6. The van der Waals surface area contributed by atoms with Gasteiger partial charge in [-0.25, -0.2) is 9.67 Å². The van der Waals surface area contributed by atoms with Gasteiger partial charge in [-0.15, -0.1) is 0 Å². The fourth-order valence-corrected chi connectivity index (χ4v) is 2.65. The number of fused-ring (bicyclic) bond motifs is 1. The topological polar surface area (TPSA) is 56.5 Å². The molecule has 0 unspecified atom stereocenters. The molecule has 5 heteroatoms. The molecule has 0 atom stereocenters. The van der Waals surface area contributed by atoms with Crippen LogP contribution in [0.5, 0.6) is 0 Å². The number of rotatable bonds is 2. The van der Waals surface area contributed by atoms with Crippen molar-refractivity contribution in [1.82, 2.24) is 24.7 Å². The molecule has 0 saturated carbocycles. The molecule has 0 radical (unpaired) electrons. The van der Waals surface area contributed by atoms with Crippen LogP contribution in [0, 0.1) is 13.8 Å². The predicted molar refractivity (Wildman–Crippen MR) is 89.4 cm³/mol. The van der Waals surface area contributed by atoms with Crippen LogP contribution in [0.2, 0.25) is 0 Å². The summed E-state index contributed by atoms with van der Waals surface area (Å²) < 4.78 is 1.87. The molecule has 0 N–H and O–H groups in total. The molecule has 4 aromatic rings. The highest BCUT2D eigenvalue weighted by Gasteiger charge is 2.12. The molecule has 112 valence electrons. The molecule has 5 nitrogen and oxygen atoms in total. The van der Waals surface area contributed by atoms with E-state index in [1.165, 1.54) is 0 Å². The number of pyridine rings is 1. The summed E-state index contributed by atoms with van der Waals surface area (Å²) in [7, 11) is 0. The molecule has 0 aliphatic heterocycles. The molecule has 0 spiro atoms. The van der Waals surface area contributed by atoms with Gasteiger partial charge in [-0.05, 0) is 44.2 Å². The van der Waals surface area contributed by atoms with Gasteiger partial charge in [0.2, 0.25) is 0 Å². The van der Waals surface area contributed by atoms with Crippen molar-refractivity contribution in [2.24, 2.45) is 0 Å². The van der Waals surface area contributed by atoms with Gasteiger partial charge in [-0.3, -0.25) is 9.97 Å². The summed E-state index contributed by atoms with van der Waals surface area (Å²) in [5, 5.41) is 4.60. The van der Waals surface area contributed by atoms with Crippen LogP contribution < -0.4 is 0 Å². The number of hydrogen-bond donors (Lipinski definition) is 0. The molecule has 1 aromatic carbocycles. The van der Waals surface area contributed by atoms with Gasteiger partial charge in [0.05, 0.1) is 22.4 Å².